The molecule has 19 heavy (non-hydrogen) atoms. The minimum atomic E-state index is 0.225. The highest BCUT2D eigenvalue weighted by Gasteiger charge is 2.19. The van der Waals surface area contributed by atoms with Crippen molar-refractivity contribution < 1.29 is 0 Å². The number of nitrogens with zero attached hydrogens (tertiary/aromatic N) is 2. The molecule has 0 spiro atoms. The highest BCUT2D eigenvalue weighted by Crippen LogP contribution is 2.23. The van der Waals surface area contributed by atoms with Gasteiger partial charge in [0, 0.05) is 13.1 Å². The molecule has 1 aromatic carbocycles. The molecule has 3 nitrogen and oxygen atoms in total. The maximum Gasteiger partial charge on any atom is 0.0958 e. The molecule has 0 saturated heterocycles. The maximum atomic E-state index is 4.53. The van der Waals surface area contributed by atoms with Crippen LogP contribution in [-0.4, -0.2) is 22.6 Å². The van der Waals surface area contributed by atoms with Crippen molar-refractivity contribution in [2.75, 3.05) is 13.1 Å². The average molecular weight is 259 g/mol. The Morgan fingerprint density at radius 2 is 1.89 bits per heavy atom. The van der Waals surface area contributed by atoms with E-state index in [9.17, 15) is 0 Å². The lowest BCUT2D eigenvalue weighted by Crippen LogP contribution is -2.32. The number of imidazole rings is 1. The summed E-state index contributed by atoms with van der Waals surface area (Å²) in [5, 5.41) is 3.44. The van der Waals surface area contributed by atoms with Crippen molar-refractivity contribution in [3.63, 3.8) is 0 Å². The number of rotatable bonds is 5. The van der Waals surface area contributed by atoms with Crippen LogP contribution in [0.1, 0.15) is 31.9 Å². The molecule has 104 valence electrons. The van der Waals surface area contributed by atoms with Crippen LogP contribution in [0.15, 0.2) is 18.5 Å². The van der Waals surface area contributed by atoms with Gasteiger partial charge in [-0.25, -0.2) is 4.98 Å². The van der Waals surface area contributed by atoms with Gasteiger partial charge in [0.2, 0.25) is 0 Å². The lowest BCUT2D eigenvalue weighted by atomic mass is 9.93. The van der Waals surface area contributed by atoms with Crippen molar-refractivity contribution in [3.8, 4) is 0 Å². The SMILES string of the molecule is CCNCC(C)(C)Cn1cnc2cc(C)c(C)cc21. The first kappa shape index (κ1) is 14.1. The van der Waals surface area contributed by atoms with E-state index < -0.39 is 0 Å². The minimum Gasteiger partial charge on any atom is -0.330 e. The first-order valence-electron chi connectivity index (χ1n) is 7.06. The van der Waals surface area contributed by atoms with E-state index in [1.807, 2.05) is 6.33 Å². The molecular weight excluding hydrogens is 234 g/mol. The van der Waals surface area contributed by atoms with Gasteiger partial charge in [-0.2, -0.15) is 0 Å². The maximum absolute atomic E-state index is 4.53. The van der Waals surface area contributed by atoms with E-state index in [1.165, 1.54) is 16.6 Å². The van der Waals surface area contributed by atoms with Gasteiger partial charge in [0.25, 0.3) is 0 Å². The predicted molar refractivity (Wildman–Crippen MR) is 81.5 cm³/mol. The Labute approximate surface area is 116 Å². The fourth-order valence-corrected chi connectivity index (χ4v) is 2.42. The van der Waals surface area contributed by atoms with Gasteiger partial charge in [-0.15, -0.1) is 0 Å². The highest BCUT2D eigenvalue weighted by atomic mass is 15.1. The summed E-state index contributed by atoms with van der Waals surface area (Å²) in [7, 11) is 0. The van der Waals surface area contributed by atoms with Crippen molar-refractivity contribution in [3.05, 3.63) is 29.6 Å². The summed E-state index contributed by atoms with van der Waals surface area (Å²) in [5.41, 5.74) is 5.21. The molecule has 3 heteroatoms. The van der Waals surface area contributed by atoms with Crippen LogP contribution in [0.25, 0.3) is 11.0 Å². The lowest BCUT2D eigenvalue weighted by molar-refractivity contribution is 0.295. The van der Waals surface area contributed by atoms with Crippen molar-refractivity contribution >= 4 is 11.0 Å². The third-order valence-electron chi connectivity index (χ3n) is 3.69. The molecule has 0 aliphatic rings. The largest absolute Gasteiger partial charge is 0.330 e. The highest BCUT2D eigenvalue weighted by molar-refractivity contribution is 5.77. The molecule has 0 fully saturated rings. The van der Waals surface area contributed by atoms with Crippen LogP contribution in [0.2, 0.25) is 0 Å². The van der Waals surface area contributed by atoms with Crippen LogP contribution >= 0.6 is 0 Å². The fraction of sp³-hybridized carbons (Fsp3) is 0.562. The first-order valence-corrected chi connectivity index (χ1v) is 7.06. The number of nitrogens with one attached hydrogen (secondary N) is 1. The number of benzene rings is 1. The van der Waals surface area contributed by atoms with E-state index in [-0.39, 0.29) is 5.41 Å². The van der Waals surface area contributed by atoms with Gasteiger partial charge < -0.3 is 9.88 Å². The van der Waals surface area contributed by atoms with Crippen molar-refractivity contribution in [1.29, 1.82) is 0 Å². The monoisotopic (exact) mass is 259 g/mol. The molecule has 0 aliphatic carbocycles. The van der Waals surface area contributed by atoms with Crippen LogP contribution < -0.4 is 5.32 Å². The van der Waals surface area contributed by atoms with Gasteiger partial charge >= 0.3 is 0 Å². The zero-order valence-electron chi connectivity index (χ0n) is 12.7. The van der Waals surface area contributed by atoms with E-state index in [0.717, 1.165) is 25.2 Å². The number of aryl methyl sites for hydroxylation is 2. The summed E-state index contributed by atoms with van der Waals surface area (Å²) in [6.45, 7) is 14.1. The number of hydrogen-bond donors (Lipinski definition) is 1. The van der Waals surface area contributed by atoms with Gasteiger partial charge in [0.05, 0.1) is 17.4 Å². The average Bonchev–Trinajstić information content (AvgIpc) is 2.70. The van der Waals surface area contributed by atoms with Gasteiger partial charge in [-0.05, 0) is 49.1 Å². The topological polar surface area (TPSA) is 29.9 Å². The molecule has 0 amide bonds. The second kappa shape index (κ2) is 5.33. The van der Waals surface area contributed by atoms with Crippen molar-refractivity contribution in [2.45, 2.75) is 41.2 Å². The Hall–Kier alpha value is -1.35. The molecule has 0 unspecified atom stereocenters. The number of hydrogen-bond acceptors (Lipinski definition) is 2. The smallest absolute Gasteiger partial charge is 0.0958 e. The van der Waals surface area contributed by atoms with E-state index in [1.54, 1.807) is 0 Å². The Bertz CT molecular complexity index is 567. The standard InChI is InChI=1S/C16H25N3/c1-6-17-9-16(4,5)10-19-11-18-14-7-12(2)13(3)8-15(14)19/h7-8,11,17H,6,9-10H2,1-5H3. The van der Waals surface area contributed by atoms with Gasteiger partial charge in [-0.1, -0.05) is 20.8 Å². The van der Waals surface area contributed by atoms with E-state index in [0.29, 0.717) is 0 Å². The lowest BCUT2D eigenvalue weighted by Gasteiger charge is -2.25. The second-order valence-corrected chi connectivity index (χ2v) is 6.24. The zero-order chi connectivity index (χ0) is 14.0. The normalized spacial score (nSPS) is 12.3. The van der Waals surface area contributed by atoms with Gasteiger partial charge in [-0.3, -0.25) is 0 Å². The fourth-order valence-electron chi connectivity index (χ4n) is 2.42. The third kappa shape index (κ3) is 3.16. The molecule has 1 N–H and O–H groups in total. The Kier molecular flexibility index (Phi) is 3.95. The molecule has 1 heterocycles. The Morgan fingerprint density at radius 1 is 1.21 bits per heavy atom. The zero-order valence-corrected chi connectivity index (χ0v) is 12.7. The quantitative estimate of drug-likeness (QED) is 0.893. The van der Waals surface area contributed by atoms with Gasteiger partial charge in [0.15, 0.2) is 0 Å². The van der Waals surface area contributed by atoms with E-state index >= 15 is 0 Å². The molecule has 1 aromatic heterocycles. The van der Waals surface area contributed by atoms with Gasteiger partial charge in [0.1, 0.15) is 0 Å². The van der Waals surface area contributed by atoms with Crippen molar-refractivity contribution in [2.24, 2.45) is 5.41 Å². The second-order valence-electron chi connectivity index (χ2n) is 6.24. The first-order chi connectivity index (χ1) is 8.93. The molecule has 2 aromatic rings. The third-order valence-corrected chi connectivity index (χ3v) is 3.69. The molecule has 0 atom stereocenters. The molecule has 0 bridgehead atoms. The summed E-state index contributed by atoms with van der Waals surface area (Å²) < 4.78 is 2.28. The molecule has 0 radical (unpaired) electrons. The summed E-state index contributed by atoms with van der Waals surface area (Å²) in [6, 6.07) is 4.43. The summed E-state index contributed by atoms with van der Waals surface area (Å²) in [6.07, 6.45) is 1.97. The molecule has 2 rings (SSSR count). The number of aromatic nitrogens is 2. The summed E-state index contributed by atoms with van der Waals surface area (Å²) >= 11 is 0. The number of fused-ring (bicyclic) bond motifs is 1. The molecular formula is C16H25N3. The Morgan fingerprint density at radius 3 is 2.58 bits per heavy atom. The predicted octanol–water partition coefficient (Wildman–Crippen LogP) is 3.29. The minimum absolute atomic E-state index is 0.225. The van der Waals surface area contributed by atoms with Crippen LogP contribution in [0.5, 0.6) is 0 Å². The van der Waals surface area contributed by atoms with E-state index in [2.05, 4.69) is 61.6 Å². The van der Waals surface area contributed by atoms with Crippen LogP contribution in [0.3, 0.4) is 0 Å². The van der Waals surface area contributed by atoms with Crippen LogP contribution in [-0.2, 0) is 6.54 Å². The molecule has 0 aliphatic heterocycles. The summed E-state index contributed by atoms with van der Waals surface area (Å²) in [5.74, 6) is 0. The van der Waals surface area contributed by atoms with Crippen LogP contribution in [0, 0.1) is 19.3 Å². The van der Waals surface area contributed by atoms with E-state index in [4.69, 9.17) is 0 Å². The van der Waals surface area contributed by atoms with Crippen molar-refractivity contribution in [1.82, 2.24) is 14.9 Å². The summed E-state index contributed by atoms with van der Waals surface area (Å²) in [4.78, 5) is 4.53. The Balaban J connectivity index is 2.28. The van der Waals surface area contributed by atoms with Crippen LogP contribution in [0.4, 0.5) is 0 Å². The molecule has 0 saturated carbocycles.